The molecule has 2 nitrogen and oxygen atoms in total. The van der Waals surface area contributed by atoms with Crippen LogP contribution in [-0.2, 0) is 6.54 Å². The molecule has 1 aromatic carbocycles. The summed E-state index contributed by atoms with van der Waals surface area (Å²) in [5.41, 5.74) is 2.62. The van der Waals surface area contributed by atoms with Crippen LogP contribution in [0.5, 0.6) is 0 Å². The molecule has 0 bridgehead atoms. The highest BCUT2D eigenvalue weighted by Crippen LogP contribution is 2.20. The van der Waals surface area contributed by atoms with Gasteiger partial charge in [-0.1, -0.05) is 48.0 Å². The highest BCUT2D eigenvalue weighted by molar-refractivity contribution is 9.10. The van der Waals surface area contributed by atoms with Crippen LogP contribution in [0.4, 0.5) is 0 Å². The third-order valence-corrected chi connectivity index (χ3v) is 3.75. The van der Waals surface area contributed by atoms with Crippen LogP contribution in [0.15, 0.2) is 22.7 Å². The Balaban J connectivity index is 2.20. The van der Waals surface area contributed by atoms with Gasteiger partial charge in [0.25, 0.3) is 0 Å². The molecule has 96 valence electrons. The average molecular weight is 299 g/mol. The number of rotatable bonds is 7. The molecule has 0 fully saturated rings. The maximum atomic E-state index is 3.63. The van der Waals surface area contributed by atoms with Gasteiger partial charge in [0.15, 0.2) is 0 Å². The molecule has 1 rings (SSSR count). The van der Waals surface area contributed by atoms with Gasteiger partial charge in [0.1, 0.15) is 0 Å². The minimum absolute atomic E-state index is 0.723. The summed E-state index contributed by atoms with van der Waals surface area (Å²) in [7, 11) is 0. The van der Waals surface area contributed by atoms with Crippen LogP contribution in [-0.4, -0.2) is 19.6 Å². The number of halogens is 1. The lowest BCUT2D eigenvalue weighted by Crippen LogP contribution is -2.29. The lowest BCUT2D eigenvalue weighted by molar-refractivity contribution is 0.535. The fraction of sp³-hybridized carbons (Fsp3) is 0.571. The summed E-state index contributed by atoms with van der Waals surface area (Å²) in [5, 5.41) is 6.87. The van der Waals surface area contributed by atoms with E-state index < -0.39 is 0 Å². The topological polar surface area (TPSA) is 24.1 Å². The smallest absolute Gasteiger partial charge is 0.0249 e. The van der Waals surface area contributed by atoms with Crippen molar-refractivity contribution < 1.29 is 0 Å². The molecular formula is C14H23BrN2. The number of benzene rings is 1. The van der Waals surface area contributed by atoms with Crippen LogP contribution in [0, 0.1) is 12.8 Å². The monoisotopic (exact) mass is 298 g/mol. The first-order chi connectivity index (χ1) is 8.11. The largest absolute Gasteiger partial charge is 0.315 e. The normalized spacial score (nSPS) is 11.1. The Morgan fingerprint density at radius 2 is 1.88 bits per heavy atom. The van der Waals surface area contributed by atoms with E-state index in [1.54, 1.807) is 0 Å². The van der Waals surface area contributed by atoms with Crippen molar-refractivity contribution in [2.45, 2.75) is 27.3 Å². The standard InChI is InChI=1S/C14H23BrN2/c1-11(2)9-16-7-8-17-10-13-6-4-5-12(3)14(13)15/h4-6,11,16-17H,7-10H2,1-3H3. The van der Waals surface area contributed by atoms with E-state index in [1.165, 1.54) is 15.6 Å². The Bertz CT molecular complexity index is 337. The van der Waals surface area contributed by atoms with E-state index in [4.69, 9.17) is 0 Å². The molecule has 0 heterocycles. The van der Waals surface area contributed by atoms with E-state index in [9.17, 15) is 0 Å². The summed E-state index contributed by atoms with van der Waals surface area (Å²) >= 11 is 3.63. The van der Waals surface area contributed by atoms with Crippen molar-refractivity contribution in [2.75, 3.05) is 19.6 Å². The fourth-order valence-electron chi connectivity index (χ4n) is 1.64. The molecular weight excluding hydrogens is 276 g/mol. The van der Waals surface area contributed by atoms with Crippen molar-refractivity contribution >= 4 is 15.9 Å². The van der Waals surface area contributed by atoms with Crippen molar-refractivity contribution in [1.29, 1.82) is 0 Å². The van der Waals surface area contributed by atoms with E-state index in [0.717, 1.165) is 32.1 Å². The van der Waals surface area contributed by atoms with Crippen LogP contribution in [0.25, 0.3) is 0 Å². The lowest BCUT2D eigenvalue weighted by Gasteiger charge is -2.10. The predicted octanol–water partition coefficient (Wildman–Crippen LogP) is 3.09. The molecule has 0 saturated carbocycles. The van der Waals surface area contributed by atoms with Crippen LogP contribution in [0.2, 0.25) is 0 Å². The van der Waals surface area contributed by atoms with Gasteiger partial charge in [-0.2, -0.15) is 0 Å². The second-order valence-electron chi connectivity index (χ2n) is 4.82. The quantitative estimate of drug-likeness (QED) is 0.756. The first-order valence-electron chi connectivity index (χ1n) is 6.26. The van der Waals surface area contributed by atoms with Gasteiger partial charge >= 0.3 is 0 Å². The zero-order chi connectivity index (χ0) is 12.7. The molecule has 0 saturated heterocycles. The Morgan fingerprint density at radius 3 is 2.59 bits per heavy atom. The summed E-state index contributed by atoms with van der Waals surface area (Å²) in [5.74, 6) is 0.723. The average Bonchev–Trinajstić information content (AvgIpc) is 2.28. The Labute approximate surface area is 113 Å². The number of hydrogen-bond donors (Lipinski definition) is 2. The van der Waals surface area contributed by atoms with Gasteiger partial charge in [-0.25, -0.2) is 0 Å². The second-order valence-corrected chi connectivity index (χ2v) is 5.62. The SMILES string of the molecule is Cc1cccc(CNCCNCC(C)C)c1Br. The van der Waals surface area contributed by atoms with Crippen LogP contribution in [0.1, 0.15) is 25.0 Å². The molecule has 0 radical (unpaired) electrons. The third-order valence-electron chi connectivity index (χ3n) is 2.62. The van der Waals surface area contributed by atoms with Crippen molar-refractivity contribution in [3.8, 4) is 0 Å². The Hall–Kier alpha value is -0.380. The molecule has 0 unspecified atom stereocenters. The zero-order valence-corrected chi connectivity index (χ0v) is 12.6. The number of nitrogens with one attached hydrogen (secondary N) is 2. The molecule has 17 heavy (non-hydrogen) atoms. The predicted molar refractivity (Wildman–Crippen MR) is 78.3 cm³/mol. The molecule has 3 heteroatoms. The first-order valence-corrected chi connectivity index (χ1v) is 7.06. The highest BCUT2D eigenvalue weighted by atomic mass is 79.9. The second kappa shape index (κ2) is 7.85. The molecule has 0 aliphatic rings. The minimum Gasteiger partial charge on any atom is -0.315 e. The molecule has 0 spiro atoms. The lowest BCUT2D eigenvalue weighted by atomic mass is 10.1. The van der Waals surface area contributed by atoms with Gasteiger partial charge in [-0.3, -0.25) is 0 Å². The summed E-state index contributed by atoms with van der Waals surface area (Å²) < 4.78 is 1.22. The molecule has 1 aromatic rings. The van der Waals surface area contributed by atoms with Gasteiger partial charge in [-0.05, 0) is 30.5 Å². The van der Waals surface area contributed by atoms with Crippen molar-refractivity contribution in [3.63, 3.8) is 0 Å². The molecule has 0 aromatic heterocycles. The highest BCUT2D eigenvalue weighted by Gasteiger charge is 2.01. The van der Waals surface area contributed by atoms with Crippen molar-refractivity contribution in [1.82, 2.24) is 10.6 Å². The van der Waals surface area contributed by atoms with E-state index in [1.807, 2.05) is 0 Å². The van der Waals surface area contributed by atoms with E-state index in [2.05, 4.69) is 65.5 Å². The minimum atomic E-state index is 0.723. The van der Waals surface area contributed by atoms with Gasteiger partial charge in [-0.15, -0.1) is 0 Å². The van der Waals surface area contributed by atoms with Gasteiger partial charge in [0.2, 0.25) is 0 Å². The first kappa shape index (κ1) is 14.7. The molecule has 0 aliphatic carbocycles. The summed E-state index contributed by atoms with van der Waals surface area (Å²) in [6.45, 7) is 10.6. The number of aryl methyl sites for hydroxylation is 1. The van der Waals surface area contributed by atoms with Crippen molar-refractivity contribution in [3.05, 3.63) is 33.8 Å². The Kier molecular flexibility index (Phi) is 6.78. The van der Waals surface area contributed by atoms with Crippen molar-refractivity contribution in [2.24, 2.45) is 5.92 Å². The van der Waals surface area contributed by atoms with Crippen LogP contribution in [0.3, 0.4) is 0 Å². The number of hydrogen-bond acceptors (Lipinski definition) is 2. The summed E-state index contributed by atoms with van der Waals surface area (Å²) in [6, 6.07) is 6.39. The molecule has 2 N–H and O–H groups in total. The maximum Gasteiger partial charge on any atom is 0.0249 e. The summed E-state index contributed by atoms with van der Waals surface area (Å²) in [6.07, 6.45) is 0. The summed E-state index contributed by atoms with van der Waals surface area (Å²) in [4.78, 5) is 0. The third kappa shape index (κ3) is 5.66. The van der Waals surface area contributed by atoms with Crippen LogP contribution < -0.4 is 10.6 Å². The Morgan fingerprint density at radius 1 is 1.18 bits per heavy atom. The van der Waals surface area contributed by atoms with Gasteiger partial charge in [0, 0.05) is 24.1 Å². The molecule has 0 atom stereocenters. The molecule has 0 aliphatic heterocycles. The molecule has 0 amide bonds. The maximum absolute atomic E-state index is 3.63. The fourth-order valence-corrected chi connectivity index (χ4v) is 2.04. The van der Waals surface area contributed by atoms with E-state index >= 15 is 0 Å². The van der Waals surface area contributed by atoms with E-state index in [0.29, 0.717) is 0 Å². The zero-order valence-electron chi connectivity index (χ0n) is 11.0. The van der Waals surface area contributed by atoms with E-state index in [-0.39, 0.29) is 0 Å². The van der Waals surface area contributed by atoms with Gasteiger partial charge < -0.3 is 10.6 Å². The van der Waals surface area contributed by atoms with Crippen LogP contribution >= 0.6 is 15.9 Å². The van der Waals surface area contributed by atoms with Gasteiger partial charge in [0.05, 0.1) is 0 Å².